The summed E-state index contributed by atoms with van der Waals surface area (Å²) in [5.41, 5.74) is 7.28. The molecule has 3 nitrogen and oxygen atoms in total. The van der Waals surface area contributed by atoms with Gasteiger partial charge >= 0.3 is 0 Å². The maximum absolute atomic E-state index is 6.24. The van der Waals surface area contributed by atoms with Gasteiger partial charge in [0.2, 0.25) is 5.28 Å². The summed E-state index contributed by atoms with van der Waals surface area (Å²) in [6.45, 7) is 4.58. The molecule has 1 aliphatic rings. The quantitative estimate of drug-likeness (QED) is 0.411. The van der Waals surface area contributed by atoms with Crippen molar-refractivity contribution < 1.29 is 0 Å². The van der Waals surface area contributed by atoms with Crippen LogP contribution < -0.4 is 0 Å². The highest BCUT2D eigenvalue weighted by molar-refractivity contribution is 6.28. The molecule has 29 heavy (non-hydrogen) atoms. The number of hydrogen-bond donors (Lipinski definition) is 0. The summed E-state index contributed by atoms with van der Waals surface area (Å²) < 4.78 is 0. The lowest BCUT2D eigenvalue weighted by Gasteiger charge is -2.35. The summed E-state index contributed by atoms with van der Waals surface area (Å²) in [6, 6.07) is 25.0. The highest BCUT2D eigenvalue weighted by Gasteiger charge is 2.32. The minimum atomic E-state index is -0.0331. The van der Waals surface area contributed by atoms with Crippen molar-refractivity contribution >= 4 is 11.6 Å². The van der Waals surface area contributed by atoms with E-state index in [2.05, 4.69) is 66.3 Å². The fraction of sp³-hybridized carbons (Fsp3) is 0.160. The monoisotopic (exact) mass is 397 g/mol. The van der Waals surface area contributed by atoms with Crippen molar-refractivity contribution in [3.63, 3.8) is 0 Å². The Hall–Kier alpha value is -3.04. The Labute approximate surface area is 175 Å². The summed E-state index contributed by atoms with van der Waals surface area (Å²) in [6.07, 6.45) is 0.910. The first-order valence-electron chi connectivity index (χ1n) is 9.71. The maximum Gasteiger partial charge on any atom is 0.226 e. The maximum atomic E-state index is 6.24. The van der Waals surface area contributed by atoms with Gasteiger partial charge in [-0.1, -0.05) is 80.6 Å². The normalized spacial score (nSPS) is 14.2. The smallest absolute Gasteiger partial charge is 0.208 e. The van der Waals surface area contributed by atoms with Crippen LogP contribution in [-0.4, -0.2) is 15.0 Å². The number of benzene rings is 3. The molecule has 1 aromatic heterocycles. The first kappa shape index (κ1) is 18.0. The molecular formula is C25H20ClN3. The van der Waals surface area contributed by atoms with E-state index in [1.807, 2.05) is 30.3 Å². The van der Waals surface area contributed by atoms with E-state index in [1.165, 1.54) is 22.3 Å². The Morgan fingerprint density at radius 1 is 0.690 bits per heavy atom. The van der Waals surface area contributed by atoms with E-state index in [4.69, 9.17) is 16.6 Å². The number of halogens is 1. The molecule has 0 fully saturated rings. The summed E-state index contributed by atoms with van der Waals surface area (Å²) in [4.78, 5) is 13.4. The van der Waals surface area contributed by atoms with Gasteiger partial charge in [-0.3, -0.25) is 0 Å². The zero-order valence-electron chi connectivity index (χ0n) is 16.4. The third-order valence-electron chi connectivity index (χ3n) is 5.75. The van der Waals surface area contributed by atoms with E-state index in [0.717, 1.165) is 17.5 Å². The molecule has 0 saturated carbocycles. The lowest BCUT2D eigenvalue weighted by Crippen LogP contribution is -2.26. The SMILES string of the molecule is CC1(C)c2ccccc2Cc2cc(-c3nc(Cl)nc(-c4ccccc4)n3)ccc21. The first-order valence-corrected chi connectivity index (χ1v) is 10.1. The zero-order valence-corrected chi connectivity index (χ0v) is 17.1. The molecule has 4 heteroatoms. The second kappa shape index (κ2) is 6.78. The third kappa shape index (κ3) is 3.12. The summed E-state index contributed by atoms with van der Waals surface area (Å²) in [5, 5.41) is 0.206. The average molecular weight is 398 g/mol. The van der Waals surface area contributed by atoms with Gasteiger partial charge in [-0.2, -0.15) is 9.97 Å². The molecule has 0 amide bonds. The van der Waals surface area contributed by atoms with Crippen molar-refractivity contribution in [2.45, 2.75) is 25.7 Å². The van der Waals surface area contributed by atoms with Crippen molar-refractivity contribution in [1.29, 1.82) is 0 Å². The van der Waals surface area contributed by atoms with Crippen LogP contribution in [0.3, 0.4) is 0 Å². The van der Waals surface area contributed by atoms with Gasteiger partial charge in [-0.25, -0.2) is 4.98 Å². The summed E-state index contributed by atoms with van der Waals surface area (Å²) in [7, 11) is 0. The van der Waals surface area contributed by atoms with E-state index in [1.54, 1.807) is 0 Å². The minimum Gasteiger partial charge on any atom is -0.208 e. The largest absolute Gasteiger partial charge is 0.226 e. The van der Waals surface area contributed by atoms with Crippen LogP contribution in [0.25, 0.3) is 22.8 Å². The zero-order chi connectivity index (χ0) is 20.0. The molecule has 1 heterocycles. The molecular weight excluding hydrogens is 378 g/mol. The van der Waals surface area contributed by atoms with Gasteiger partial charge in [0.25, 0.3) is 0 Å². The van der Waals surface area contributed by atoms with Crippen molar-refractivity contribution in [3.05, 3.63) is 100 Å². The number of hydrogen-bond acceptors (Lipinski definition) is 3. The van der Waals surface area contributed by atoms with Crippen molar-refractivity contribution in [1.82, 2.24) is 15.0 Å². The number of rotatable bonds is 2. The molecule has 0 saturated heterocycles. The molecule has 142 valence electrons. The molecule has 0 radical (unpaired) electrons. The highest BCUT2D eigenvalue weighted by Crippen LogP contribution is 2.42. The minimum absolute atomic E-state index is 0.0331. The molecule has 0 atom stereocenters. The second-order valence-electron chi connectivity index (χ2n) is 7.95. The van der Waals surface area contributed by atoms with E-state index >= 15 is 0 Å². The Morgan fingerprint density at radius 3 is 2.14 bits per heavy atom. The number of nitrogens with zero attached hydrogens (tertiary/aromatic N) is 3. The molecule has 5 rings (SSSR count). The van der Waals surface area contributed by atoms with Gasteiger partial charge < -0.3 is 0 Å². The lowest BCUT2D eigenvalue weighted by atomic mass is 9.69. The lowest BCUT2D eigenvalue weighted by molar-refractivity contribution is 0.611. The fourth-order valence-electron chi connectivity index (χ4n) is 4.32. The van der Waals surface area contributed by atoms with Crippen molar-refractivity contribution in [2.24, 2.45) is 0 Å². The molecule has 1 aliphatic carbocycles. The summed E-state index contributed by atoms with van der Waals surface area (Å²) in [5.74, 6) is 1.19. The molecule has 0 unspecified atom stereocenters. The predicted octanol–water partition coefficient (Wildman–Crippen LogP) is 6.09. The van der Waals surface area contributed by atoms with Crippen molar-refractivity contribution in [3.8, 4) is 22.8 Å². The molecule has 0 aliphatic heterocycles. The second-order valence-corrected chi connectivity index (χ2v) is 8.29. The van der Waals surface area contributed by atoms with Crippen LogP contribution in [0.5, 0.6) is 0 Å². The van der Waals surface area contributed by atoms with Gasteiger partial charge in [0.05, 0.1) is 0 Å². The van der Waals surface area contributed by atoms with Crippen LogP contribution in [0.15, 0.2) is 72.8 Å². The Balaban J connectivity index is 1.61. The van der Waals surface area contributed by atoms with Crippen LogP contribution in [-0.2, 0) is 11.8 Å². The Kier molecular flexibility index (Phi) is 4.21. The third-order valence-corrected chi connectivity index (χ3v) is 5.92. The average Bonchev–Trinajstić information content (AvgIpc) is 2.74. The van der Waals surface area contributed by atoms with Gasteiger partial charge in [-0.15, -0.1) is 0 Å². The topological polar surface area (TPSA) is 38.7 Å². The first-order chi connectivity index (χ1) is 14.0. The molecule has 0 bridgehead atoms. The van der Waals surface area contributed by atoms with Gasteiger partial charge in [0, 0.05) is 16.5 Å². The summed E-state index contributed by atoms with van der Waals surface area (Å²) >= 11 is 6.24. The van der Waals surface area contributed by atoms with E-state index < -0.39 is 0 Å². The van der Waals surface area contributed by atoms with Crippen LogP contribution in [0.1, 0.15) is 36.1 Å². The molecule has 3 aromatic carbocycles. The van der Waals surface area contributed by atoms with Crippen LogP contribution in [0.2, 0.25) is 5.28 Å². The van der Waals surface area contributed by atoms with Gasteiger partial charge in [0.1, 0.15) is 0 Å². The molecule has 0 spiro atoms. The molecule has 0 N–H and O–H groups in total. The van der Waals surface area contributed by atoms with Crippen LogP contribution in [0, 0.1) is 0 Å². The standard InChI is InChI=1S/C25H20ClN3/c1-25(2)20-11-7-6-10-17(20)14-19-15-18(12-13-21(19)25)23-27-22(28-24(26)29-23)16-8-4-3-5-9-16/h3-13,15H,14H2,1-2H3. The van der Waals surface area contributed by atoms with Gasteiger partial charge in [-0.05, 0) is 46.3 Å². The number of aromatic nitrogens is 3. The Morgan fingerprint density at radius 2 is 1.34 bits per heavy atom. The van der Waals surface area contributed by atoms with E-state index in [-0.39, 0.29) is 10.7 Å². The highest BCUT2D eigenvalue weighted by atomic mass is 35.5. The fourth-order valence-corrected chi connectivity index (χ4v) is 4.48. The van der Waals surface area contributed by atoms with E-state index in [0.29, 0.717) is 11.6 Å². The van der Waals surface area contributed by atoms with Gasteiger partial charge in [0.15, 0.2) is 11.6 Å². The Bertz CT molecular complexity index is 1220. The van der Waals surface area contributed by atoms with Crippen molar-refractivity contribution in [2.75, 3.05) is 0 Å². The predicted molar refractivity (Wildman–Crippen MR) is 117 cm³/mol. The molecule has 4 aromatic rings. The van der Waals surface area contributed by atoms with Crippen LogP contribution in [0.4, 0.5) is 0 Å². The number of fused-ring (bicyclic) bond motifs is 2. The van der Waals surface area contributed by atoms with E-state index in [9.17, 15) is 0 Å². The van der Waals surface area contributed by atoms with Crippen LogP contribution >= 0.6 is 11.6 Å².